The van der Waals surface area contributed by atoms with Crippen molar-refractivity contribution in [3.8, 4) is 0 Å². The number of carbonyl (C=O) groups is 1. The van der Waals surface area contributed by atoms with Gasteiger partial charge in [0.1, 0.15) is 5.01 Å². The summed E-state index contributed by atoms with van der Waals surface area (Å²) in [6.07, 6.45) is -4.42. The zero-order valence-electron chi connectivity index (χ0n) is 11.8. The van der Waals surface area contributed by atoms with Crippen molar-refractivity contribution in [3.05, 3.63) is 46.2 Å². The number of aromatic nitrogens is 4. The van der Waals surface area contributed by atoms with Gasteiger partial charge in [0.25, 0.3) is 5.91 Å². The number of hydrogen-bond donors (Lipinski definition) is 1. The van der Waals surface area contributed by atoms with Gasteiger partial charge in [0.15, 0.2) is 5.82 Å². The summed E-state index contributed by atoms with van der Waals surface area (Å²) in [7, 11) is 0. The molecule has 0 aliphatic carbocycles. The van der Waals surface area contributed by atoms with E-state index in [2.05, 4.69) is 20.6 Å². The van der Waals surface area contributed by atoms with E-state index in [4.69, 9.17) is 0 Å². The molecule has 120 valence electrons. The number of benzene rings is 1. The lowest BCUT2D eigenvalue weighted by Crippen LogP contribution is -2.23. The molecule has 0 aliphatic heterocycles. The molecule has 6 nitrogen and oxygen atoms in total. The first-order chi connectivity index (χ1) is 10.8. The number of fused-ring (bicyclic) bond motifs is 1. The van der Waals surface area contributed by atoms with Crippen LogP contribution in [0.5, 0.6) is 0 Å². The van der Waals surface area contributed by atoms with Gasteiger partial charge in [-0.25, -0.2) is 0 Å². The van der Waals surface area contributed by atoms with Crippen molar-refractivity contribution in [3.63, 3.8) is 0 Å². The van der Waals surface area contributed by atoms with Gasteiger partial charge in [-0.2, -0.15) is 22.8 Å². The highest BCUT2D eigenvalue weighted by Gasteiger charge is 2.30. The number of amides is 1. The number of nitrogens with one attached hydrogen (secondary N) is 1. The first-order valence-corrected chi connectivity index (χ1v) is 7.29. The second-order valence-electron chi connectivity index (χ2n) is 4.70. The predicted molar refractivity (Wildman–Crippen MR) is 76.0 cm³/mol. The average Bonchev–Trinajstić information content (AvgIpc) is 3.06. The third kappa shape index (κ3) is 3.16. The zero-order valence-corrected chi connectivity index (χ0v) is 12.6. The molecule has 1 aromatic carbocycles. The Morgan fingerprint density at radius 1 is 1.26 bits per heavy atom. The summed E-state index contributed by atoms with van der Waals surface area (Å²) in [6, 6.07) is 4.03. The Morgan fingerprint density at radius 2 is 1.96 bits per heavy atom. The summed E-state index contributed by atoms with van der Waals surface area (Å²) in [6.45, 7) is 1.91. The summed E-state index contributed by atoms with van der Waals surface area (Å²) in [5.74, 6) is 0.165. The lowest BCUT2D eigenvalue weighted by atomic mass is 10.1. The number of hydrogen-bond acceptors (Lipinski definition) is 5. The summed E-state index contributed by atoms with van der Waals surface area (Å²) < 4.78 is 39.0. The van der Waals surface area contributed by atoms with Crippen LogP contribution in [0.2, 0.25) is 0 Å². The van der Waals surface area contributed by atoms with Crippen LogP contribution in [0.15, 0.2) is 24.3 Å². The fourth-order valence-corrected chi connectivity index (χ4v) is 2.71. The molecule has 0 bridgehead atoms. The van der Waals surface area contributed by atoms with Crippen LogP contribution in [0.25, 0.3) is 4.96 Å². The number of rotatable bonds is 3. The van der Waals surface area contributed by atoms with Crippen molar-refractivity contribution in [1.29, 1.82) is 0 Å². The molecule has 2 aromatic heterocycles. The van der Waals surface area contributed by atoms with Gasteiger partial charge in [0, 0.05) is 5.56 Å². The average molecular weight is 341 g/mol. The van der Waals surface area contributed by atoms with Crippen LogP contribution in [0.4, 0.5) is 13.2 Å². The van der Waals surface area contributed by atoms with Crippen LogP contribution in [0.3, 0.4) is 0 Å². The molecule has 0 atom stereocenters. The lowest BCUT2D eigenvalue weighted by molar-refractivity contribution is -0.137. The predicted octanol–water partition coefficient (Wildman–Crippen LogP) is 2.44. The molecule has 2 heterocycles. The summed E-state index contributed by atoms with van der Waals surface area (Å²) in [4.78, 5) is 12.6. The monoisotopic (exact) mass is 341 g/mol. The standard InChI is InChI=1S/C13H10F3N5OS/c1-7-18-19-12-21(7)20-10(23-12)6-17-11(22)8-2-4-9(5-3-8)13(14,15)16/h2-5H,6H2,1H3,(H,17,22). The highest BCUT2D eigenvalue weighted by molar-refractivity contribution is 7.16. The Hall–Kier alpha value is -2.49. The van der Waals surface area contributed by atoms with Crippen molar-refractivity contribution in [1.82, 2.24) is 25.1 Å². The minimum Gasteiger partial charge on any atom is -0.345 e. The molecule has 0 fully saturated rings. The van der Waals surface area contributed by atoms with Gasteiger partial charge in [-0.05, 0) is 31.2 Å². The van der Waals surface area contributed by atoms with Gasteiger partial charge >= 0.3 is 6.18 Å². The van der Waals surface area contributed by atoms with E-state index in [-0.39, 0.29) is 12.1 Å². The first-order valence-electron chi connectivity index (χ1n) is 6.48. The highest BCUT2D eigenvalue weighted by Crippen LogP contribution is 2.29. The molecule has 0 unspecified atom stereocenters. The molecule has 1 amide bonds. The zero-order chi connectivity index (χ0) is 16.6. The normalized spacial score (nSPS) is 11.8. The first kappa shape index (κ1) is 15.4. The van der Waals surface area contributed by atoms with E-state index in [1.165, 1.54) is 11.3 Å². The van der Waals surface area contributed by atoms with Crippen LogP contribution in [0, 0.1) is 6.92 Å². The van der Waals surface area contributed by atoms with Crippen LogP contribution in [0.1, 0.15) is 26.8 Å². The molecule has 3 aromatic rings. The van der Waals surface area contributed by atoms with E-state index >= 15 is 0 Å². The maximum Gasteiger partial charge on any atom is 0.416 e. The maximum absolute atomic E-state index is 12.5. The van der Waals surface area contributed by atoms with E-state index in [0.29, 0.717) is 15.8 Å². The minimum absolute atomic E-state index is 0.150. The maximum atomic E-state index is 12.5. The van der Waals surface area contributed by atoms with Crippen molar-refractivity contribution in [2.45, 2.75) is 19.6 Å². The Balaban J connectivity index is 1.67. The van der Waals surface area contributed by atoms with Crippen molar-refractivity contribution in [2.75, 3.05) is 0 Å². The Kier molecular flexibility index (Phi) is 3.76. The second-order valence-corrected chi connectivity index (χ2v) is 5.74. The van der Waals surface area contributed by atoms with Crippen molar-refractivity contribution in [2.24, 2.45) is 0 Å². The molecule has 10 heteroatoms. The lowest BCUT2D eigenvalue weighted by Gasteiger charge is -2.07. The molecule has 0 saturated carbocycles. The SMILES string of the molecule is Cc1nnc2sc(CNC(=O)c3ccc(C(F)(F)F)cc3)nn12. The van der Waals surface area contributed by atoms with Gasteiger partial charge in [0.05, 0.1) is 12.1 Å². The van der Waals surface area contributed by atoms with Gasteiger partial charge in [0.2, 0.25) is 4.96 Å². The molecular weight excluding hydrogens is 331 g/mol. The third-order valence-electron chi connectivity index (χ3n) is 3.06. The Labute approximate surface area is 132 Å². The Morgan fingerprint density at radius 3 is 2.57 bits per heavy atom. The number of halogens is 3. The van der Waals surface area contributed by atoms with Crippen LogP contribution in [-0.2, 0) is 12.7 Å². The number of alkyl halides is 3. The minimum atomic E-state index is -4.42. The fraction of sp³-hybridized carbons (Fsp3) is 0.231. The van der Waals surface area contributed by atoms with Gasteiger partial charge in [-0.3, -0.25) is 4.79 Å². The molecule has 0 spiro atoms. The number of nitrogens with zero attached hydrogens (tertiary/aromatic N) is 4. The largest absolute Gasteiger partial charge is 0.416 e. The third-order valence-corrected chi connectivity index (χ3v) is 3.96. The number of aryl methyl sites for hydroxylation is 1. The second kappa shape index (κ2) is 5.61. The van der Waals surface area contributed by atoms with Gasteiger partial charge < -0.3 is 5.32 Å². The van der Waals surface area contributed by atoms with E-state index in [1.54, 1.807) is 11.4 Å². The summed E-state index contributed by atoms with van der Waals surface area (Å²) in [5.41, 5.74) is -0.643. The van der Waals surface area contributed by atoms with E-state index in [1.807, 2.05) is 0 Å². The molecule has 0 saturated heterocycles. The molecule has 23 heavy (non-hydrogen) atoms. The molecular formula is C13H10F3N5OS. The van der Waals surface area contributed by atoms with Crippen molar-refractivity contribution < 1.29 is 18.0 Å². The highest BCUT2D eigenvalue weighted by atomic mass is 32.1. The summed E-state index contributed by atoms with van der Waals surface area (Å²) >= 11 is 1.28. The van der Waals surface area contributed by atoms with Crippen LogP contribution in [-0.4, -0.2) is 25.7 Å². The van der Waals surface area contributed by atoms with E-state index < -0.39 is 17.6 Å². The topological polar surface area (TPSA) is 72.2 Å². The summed E-state index contributed by atoms with van der Waals surface area (Å²) in [5, 5.41) is 15.2. The molecule has 1 N–H and O–H groups in total. The molecule has 3 rings (SSSR count). The van der Waals surface area contributed by atoms with Crippen molar-refractivity contribution >= 4 is 22.2 Å². The van der Waals surface area contributed by atoms with E-state index in [9.17, 15) is 18.0 Å². The molecule has 0 radical (unpaired) electrons. The van der Waals surface area contributed by atoms with Crippen LogP contribution >= 0.6 is 11.3 Å². The van der Waals surface area contributed by atoms with Gasteiger partial charge in [-0.1, -0.05) is 11.3 Å². The fourth-order valence-electron chi connectivity index (χ4n) is 1.89. The Bertz CT molecular complexity index is 853. The van der Waals surface area contributed by atoms with Gasteiger partial charge in [-0.15, -0.1) is 10.2 Å². The number of carbonyl (C=O) groups excluding carboxylic acids is 1. The smallest absolute Gasteiger partial charge is 0.345 e. The van der Waals surface area contributed by atoms with E-state index in [0.717, 1.165) is 24.3 Å². The molecule has 0 aliphatic rings. The van der Waals surface area contributed by atoms with Crippen LogP contribution < -0.4 is 5.32 Å². The quantitative estimate of drug-likeness (QED) is 0.794.